The zero-order chi connectivity index (χ0) is 26.1. The molecule has 0 amide bonds. The van der Waals surface area contributed by atoms with E-state index in [9.17, 15) is 30.1 Å². The number of carboxylic acids is 1. The number of carbonyl (C=O) groups is 1. The number of nitro groups is 2. The van der Waals surface area contributed by atoms with Gasteiger partial charge in [-0.25, -0.2) is 13.2 Å². The van der Waals surface area contributed by atoms with E-state index in [1.54, 1.807) is 35.9 Å². The molecule has 0 aliphatic rings. The highest BCUT2D eigenvalue weighted by Crippen LogP contribution is 2.34. The minimum atomic E-state index is -4.92. The number of fused-ring (bicyclic) bond motifs is 3. The van der Waals surface area contributed by atoms with Crippen molar-refractivity contribution >= 4 is 49.4 Å². The quantitative estimate of drug-likeness (QED) is 0.104. The Balaban J connectivity index is 0.000000623. The molecule has 35 heavy (non-hydrogen) atoms. The van der Waals surface area contributed by atoms with Crippen molar-refractivity contribution in [2.24, 2.45) is 7.05 Å². The molecule has 13 nitrogen and oxygen atoms in total. The van der Waals surface area contributed by atoms with E-state index in [-0.39, 0.29) is 16.9 Å². The molecule has 0 aliphatic heterocycles. The summed E-state index contributed by atoms with van der Waals surface area (Å²) in [5.41, 5.74) is 1.44. The molecule has 180 valence electrons. The molecule has 14 heteroatoms. The van der Waals surface area contributed by atoms with Crippen LogP contribution in [0.15, 0.2) is 60.7 Å². The molecule has 0 atom stereocenters. The smallest absolute Gasteiger partial charge is 0.335 e. The van der Waals surface area contributed by atoms with Crippen molar-refractivity contribution in [2.45, 2.75) is 0 Å². The fraction of sp³-hybridized carbons (Fsp3) is 0.0476. The first kappa shape index (κ1) is 25.1. The van der Waals surface area contributed by atoms with Crippen molar-refractivity contribution in [1.82, 2.24) is 0 Å². The highest BCUT2D eigenvalue weighted by molar-refractivity contribution is 7.79. The molecular weight excluding hydrogens is 486 g/mol. The largest absolute Gasteiger partial charge is 0.726 e. The van der Waals surface area contributed by atoms with Crippen LogP contribution in [0.25, 0.3) is 32.9 Å². The number of non-ortho nitro benzene ring substituents is 2. The van der Waals surface area contributed by atoms with Crippen molar-refractivity contribution in [3.05, 3.63) is 86.5 Å². The summed E-state index contributed by atoms with van der Waals surface area (Å²) in [6.07, 6.45) is 0. The number of carboxylic acid groups (broad SMARTS) is 1. The Morgan fingerprint density at radius 3 is 1.97 bits per heavy atom. The summed E-state index contributed by atoms with van der Waals surface area (Å²) >= 11 is 0. The Kier molecular flexibility index (Phi) is 6.72. The number of hydrogen-bond donors (Lipinski definition) is 2. The van der Waals surface area contributed by atoms with Crippen LogP contribution < -0.4 is 4.57 Å². The van der Waals surface area contributed by atoms with Gasteiger partial charge in [0.15, 0.2) is 0 Å². The van der Waals surface area contributed by atoms with Gasteiger partial charge in [0.1, 0.15) is 7.05 Å². The van der Waals surface area contributed by atoms with Gasteiger partial charge in [-0.05, 0) is 30.3 Å². The maximum absolute atomic E-state index is 11.4. The van der Waals surface area contributed by atoms with Crippen molar-refractivity contribution in [2.75, 3.05) is 0 Å². The Labute approximate surface area is 196 Å². The number of pyridine rings is 1. The van der Waals surface area contributed by atoms with Crippen LogP contribution in [0.5, 0.6) is 0 Å². The van der Waals surface area contributed by atoms with E-state index in [1.807, 2.05) is 0 Å². The van der Waals surface area contributed by atoms with Gasteiger partial charge in [0, 0.05) is 29.1 Å². The molecule has 4 rings (SSSR count). The van der Waals surface area contributed by atoms with Crippen LogP contribution in [0, 0.1) is 20.2 Å². The summed E-state index contributed by atoms with van der Waals surface area (Å²) in [5, 5.41) is 33.9. The molecule has 0 radical (unpaired) electrons. The molecule has 2 N–H and O–H groups in total. The number of nitro benzene ring substituents is 2. The van der Waals surface area contributed by atoms with E-state index in [4.69, 9.17) is 17.5 Å². The summed E-state index contributed by atoms with van der Waals surface area (Å²) in [5.74, 6) is -1.11. The second kappa shape index (κ2) is 9.38. The molecule has 0 saturated heterocycles. The second-order valence-electron chi connectivity index (χ2n) is 7.17. The van der Waals surface area contributed by atoms with E-state index < -0.39 is 26.2 Å². The van der Waals surface area contributed by atoms with Crippen LogP contribution in [-0.4, -0.2) is 38.4 Å². The van der Waals surface area contributed by atoms with Gasteiger partial charge in [0.05, 0.1) is 32.2 Å². The number of benzene rings is 3. The van der Waals surface area contributed by atoms with Crippen LogP contribution in [0.1, 0.15) is 10.4 Å². The fourth-order valence-electron chi connectivity index (χ4n) is 3.67. The van der Waals surface area contributed by atoms with Crippen LogP contribution >= 0.6 is 0 Å². The zero-order valence-corrected chi connectivity index (χ0v) is 18.5. The fourth-order valence-corrected chi connectivity index (χ4v) is 3.67. The van der Waals surface area contributed by atoms with Gasteiger partial charge in [-0.15, -0.1) is 0 Å². The van der Waals surface area contributed by atoms with Crippen LogP contribution in [0.2, 0.25) is 0 Å². The predicted molar refractivity (Wildman–Crippen MR) is 121 cm³/mol. The van der Waals surface area contributed by atoms with E-state index in [0.29, 0.717) is 32.9 Å². The Bertz CT molecular complexity index is 1630. The maximum atomic E-state index is 11.4. The van der Waals surface area contributed by atoms with Crippen LogP contribution in [-0.2, 0) is 17.4 Å². The average molecular weight is 501 g/mol. The molecule has 3 aromatic carbocycles. The molecule has 0 spiro atoms. The molecule has 0 saturated carbocycles. The summed E-state index contributed by atoms with van der Waals surface area (Å²) in [6, 6.07) is 15.0. The van der Waals surface area contributed by atoms with Gasteiger partial charge in [-0.3, -0.25) is 24.8 Å². The third-order valence-electron chi connectivity index (χ3n) is 5.03. The highest BCUT2D eigenvalue weighted by atomic mass is 32.3. The molecule has 1 heterocycles. The van der Waals surface area contributed by atoms with Gasteiger partial charge in [0.25, 0.3) is 11.4 Å². The topological polar surface area (TPSA) is 205 Å². The summed E-state index contributed by atoms with van der Waals surface area (Å²) < 4.78 is 34.5. The summed E-state index contributed by atoms with van der Waals surface area (Å²) in [7, 11) is -3.23. The third kappa shape index (κ3) is 5.52. The molecule has 0 fully saturated rings. The van der Waals surface area contributed by atoms with E-state index >= 15 is 0 Å². The number of aromatic nitrogens is 1. The lowest BCUT2D eigenvalue weighted by Crippen LogP contribution is -2.32. The van der Waals surface area contributed by atoms with Gasteiger partial charge < -0.3 is 9.66 Å². The number of hydrogen-bond acceptors (Lipinski definition) is 8. The number of rotatable bonds is 4. The molecule has 4 aromatic rings. The normalized spacial score (nSPS) is 11.1. The Morgan fingerprint density at radius 1 is 0.886 bits per heavy atom. The molecular formula is C21H15N3O10S. The molecule has 0 aliphatic carbocycles. The monoisotopic (exact) mass is 501 g/mol. The standard InChI is InChI=1S/C21H13N3O6.H2O4S/c1-22-19-11-15(24(29)30)6-8-17(19)16-7-5-14(23(27)28)10-18(16)20(22)12-3-2-4-13(9-12)21(25)26;1-5(2,3)4/h2-11H,1H3;(H2,1,2,3,4). The van der Waals surface area contributed by atoms with Crippen molar-refractivity contribution < 1.29 is 41.8 Å². The van der Waals surface area contributed by atoms with E-state index in [0.717, 1.165) is 0 Å². The van der Waals surface area contributed by atoms with Crippen LogP contribution in [0.4, 0.5) is 11.4 Å². The zero-order valence-electron chi connectivity index (χ0n) is 17.7. The number of aromatic carboxylic acids is 1. The summed E-state index contributed by atoms with van der Waals surface area (Å²) in [6.45, 7) is 0. The van der Waals surface area contributed by atoms with Crippen LogP contribution in [0.3, 0.4) is 0 Å². The highest BCUT2D eigenvalue weighted by Gasteiger charge is 2.25. The third-order valence-corrected chi connectivity index (χ3v) is 5.03. The summed E-state index contributed by atoms with van der Waals surface area (Å²) in [4.78, 5) is 33.1. The van der Waals surface area contributed by atoms with Gasteiger partial charge in [-0.1, -0.05) is 6.07 Å². The van der Waals surface area contributed by atoms with Crippen molar-refractivity contribution in [3.63, 3.8) is 0 Å². The van der Waals surface area contributed by atoms with Crippen molar-refractivity contribution in [1.29, 1.82) is 0 Å². The number of nitrogens with zero attached hydrogens (tertiary/aromatic N) is 3. The first-order valence-corrected chi connectivity index (χ1v) is 10.8. The van der Waals surface area contributed by atoms with Gasteiger partial charge in [0.2, 0.25) is 21.6 Å². The number of aryl methyl sites for hydroxylation is 1. The average Bonchev–Trinajstić information content (AvgIpc) is 2.77. The molecule has 0 unspecified atom stereocenters. The molecule has 1 aromatic heterocycles. The Morgan fingerprint density at radius 2 is 1.43 bits per heavy atom. The van der Waals surface area contributed by atoms with Gasteiger partial charge in [-0.2, -0.15) is 4.57 Å². The lowest BCUT2D eigenvalue weighted by Gasteiger charge is -2.10. The molecule has 0 bridgehead atoms. The Hall–Kier alpha value is -4.53. The minimum Gasteiger partial charge on any atom is -0.726 e. The van der Waals surface area contributed by atoms with E-state index in [2.05, 4.69) is 0 Å². The van der Waals surface area contributed by atoms with Gasteiger partial charge >= 0.3 is 5.97 Å². The predicted octanol–water partition coefficient (Wildman–Crippen LogP) is 3.00. The minimum absolute atomic E-state index is 0.0604. The van der Waals surface area contributed by atoms with Crippen molar-refractivity contribution in [3.8, 4) is 11.3 Å². The van der Waals surface area contributed by atoms with E-state index in [1.165, 1.54) is 36.4 Å². The first-order chi connectivity index (χ1) is 16.3. The lowest BCUT2D eigenvalue weighted by molar-refractivity contribution is -0.632. The first-order valence-electron chi connectivity index (χ1n) is 9.48. The lowest BCUT2D eigenvalue weighted by atomic mass is 9.97. The SMILES string of the molecule is C[n+]1c(-c2cccc(C(=O)O)c2)c2cc([N+](=O)[O-])ccc2c2ccc([N+](=O)[O-])cc21.O=S(=O)([O-])O. The maximum Gasteiger partial charge on any atom is 0.335 e. The second-order valence-corrected chi connectivity index (χ2v) is 8.02.